The van der Waals surface area contributed by atoms with Crippen molar-refractivity contribution in [3.63, 3.8) is 0 Å². The fraction of sp³-hybridized carbons (Fsp3) is 0.417. The first-order valence-electron chi connectivity index (χ1n) is 11.0. The Morgan fingerprint density at radius 3 is 2.68 bits per heavy atom. The highest BCUT2D eigenvalue weighted by Gasteiger charge is 2.30. The summed E-state index contributed by atoms with van der Waals surface area (Å²) in [7, 11) is 0. The molecule has 1 fully saturated rings. The number of fused-ring (bicyclic) bond motifs is 2. The standard InChI is InChI=1S/C24H27ClN4OS/c1-16(2)29-21-15-20(25)17(13-18(21)14-23(29)30)7-8-27-9-11-28(12-10-27)24-19-5-3-4-6-22(19)31-26-24/h3-6,13,15-16H,7-12,14H2,1-2H3. The fourth-order valence-electron chi connectivity index (χ4n) is 4.73. The number of benzene rings is 2. The molecule has 162 valence electrons. The van der Waals surface area contributed by atoms with Crippen LogP contribution < -0.4 is 9.80 Å². The molecule has 2 aromatic carbocycles. The zero-order chi connectivity index (χ0) is 21.5. The minimum absolute atomic E-state index is 0.154. The highest BCUT2D eigenvalue weighted by Crippen LogP contribution is 2.35. The average molecular weight is 455 g/mol. The summed E-state index contributed by atoms with van der Waals surface area (Å²) in [4.78, 5) is 19.2. The van der Waals surface area contributed by atoms with Crippen LogP contribution >= 0.6 is 23.1 Å². The van der Waals surface area contributed by atoms with Gasteiger partial charge in [0.2, 0.25) is 5.91 Å². The van der Waals surface area contributed by atoms with E-state index < -0.39 is 0 Å². The zero-order valence-electron chi connectivity index (χ0n) is 18.0. The van der Waals surface area contributed by atoms with Gasteiger partial charge in [-0.3, -0.25) is 9.69 Å². The van der Waals surface area contributed by atoms with Crippen molar-refractivity contribution >= 4 is 50.6 Å². The van der Waals surface area contributed by atoms with Gasteiger partial charge in [0, 0.05) is 54.9 Å². The molecule has 5 nitrogen and oxygen atoms in total. The molecule has 0 radical (unpaired) electrons. The lowest BCUT2D eigenvalue weighted by atomic mass is 10.0. The number of carbonyl (C=O) groups excluding carboxylic acids is 1. The number of rotatable bonds is 5. The Morgan fingerprint density at radius 2 is 1.90 bits per heavy atom. The SMILES string of the molecule is CC(C)N1C(=O)Cc2cc(CCN3CCN(c4nsc5ccccc45)CC3)c(Cl)cc21. The van der Waals surface area contributed by atoms with Crippen molar-refractivity contribution in [1.29, 1.82) is 0 Å². The van der Waals surface area contributed by atoms with E-state index in [-0.39, 0.29) is 11.9 Å². The second kappa shape index (κ2) is 8.41. The third-order valence-electron chi connectivity index (χ3n) is 6.36. The Balaban J connectivity index is 1.21. The maximum Gasteiger partial charge on any atom is 0.231 e. The second-order valence-electron chi connectivity index (χ2n) is 8.69. The summed E-state index contributed by atoms with van der Waals surface area (Å²) < 4.78 is 5.96. The maximum atomic E-state index is 12.4. The van der Waals surface area contributed by atoms with Crippen LogP contribution in [-0.2, 0) is 17.6 Å². The Kier molecular flexibility index (Phi) is 5.63. The molecule has 0 spiro atoms. The number of carbonyl (C=O) groups is 1. The summed E-state index contributed by atoms with van der Waals surface area (Å²) >= 11 is 8.20. The second-order valence-corrected chi connectivity index (χ2v) is 9.90. The van der Waals surface area contributed by atoms with Gasteiger partial charge in [-0.1, -0.05) is 29.8 Å². The molecular formula is C24H27ClN4OS. The third kappa shape index (κ3) is 3.93. The van der Waals surface area contributed by atoms with Gasteiger partial charge < -0.3 is 9.80 Å². The minimum atomic E-state index is 0.154. The topological polar surface area (TPSA) is 39.7 Å². The van der Waals surface area contributed by atoms with Gasteiger partial charge in [0.05, 0.1) is 11.1 Å². The third-order valence-corrected chi connectivity index (χ3v) is 7.53. The molecule has 2 aliphatic rings. The molecule has 1 saturated heterocycles. The van der Waals surface area contributed by atoms with Gasteiger partial charge in [0.25, 0.3) is 0 Å². The summed E-state index contributed by atoms with van der Waals surface area (Å²) in [6.45, 7) is 9.09. The lowest BCUT2D eigenvalue weighted by Gasteiger charge is -2.35. The van der Waals surface area contributed by atoms with E-state index in [0.29, 0.717) is 6.42 Å². The highest BCUT2D eigenvalue weighted by atomic mass is 35.5. The summed E-state index contributed by atoms with van der Waals surface area (Å²) in [6, 6.07) is 12.8. The van der Waals surface area contributed by atoms with Crippen LogP contribution in [0.15, 0.2) is 36.4 Å². The number of halogens is 1. The van der Waals surface area contributed by atoms with Gasteiger partial charge in [-0.15, -0.1) is 0 Å². The largest absolute Gasteiger partial charge is 0.353 e. The molecule has 31 heavy (non-hydrogen) atoms. The molecule has 1 amide bonds. The van der Waals surface area contributed by atoms with Crippen molar-refractivity contribution in [2.75, 3.05) is 42.5 Å². The molecule has 3 aromatic rings. The van der Waals surface area contributed by atoms with Crippen molar-refractivity contribution in [1.82, 2.24) is 9.27 Å². The first-order chi connectivity index (χ1) is 15.0. The summed E-state index contributed by atoms with van der Waals surface area (Å²) in [6.07, 6.45) is 1.39. The Morgan fingerprint density at radius 1 is 1.13 bits per heavy atom. The van der Waals surface area contributed by atoms with E-state index in [1.807, 2.05) is 24.8 Å². The molecule has 7 heteroatoms. The lowest BCUT2D eigenvalue weighted by molar-refractivity contribution is -0.117. The number of hydrogen-bond acceptors (Lipinski definition) is 5. The van der Waals surface area contributed by atoms with Crippen LogP contribution in [0.25, 0.3) is 10.1 Å². The smallest absolute Gasteiger partial charge is 0.231 e. The van der Waals surface area contributed by atoms with E-state index in [0.717, 1.165) is 66.8 Å². The molecule has 3 heterocycles. The van der Waals surface area contributed by atoms with Gasteiger partial charge in [-0.2, -0.15) is 4.37 Å². The van der Waals surface area contributed by atoms with Crippen LogP contribution in [0.3, 0.4) is 0 Å². The quantitative estimate of drug-likeness (QED) is 0.564. The molecule has 0 unspecified atom stereocenters. The van der Waals surface area contributed by atoms with Crippen molar-refractivity contribution < 1.29 is 4.79 Å². The maximum absolute atomic E-state index is 12.4. The number of anilines is 2. The van der Waals surface area contributed by atoms with Gasteiger partial charge >= 0.3 is 0 Å². The van der Waals surface area contributed by atoms with E-state index in [4.69, 9.17) is 16.0 Å². The van der Waals surface area contributed by atoms with Gasteiger partial charge in [-0.05, 0) is 61.1 Å². The summed E-state index contributed by atoms with van der Waals surface area (Å²) in [5.74, 6) is 1.30. The minimum Gasteiger partial charge on any atom is -0.353 e. The fourth-order valence-corrected chi connectivity index (χ4v) is 5.78. The predicted molar refractivity (Wildman–Crippen MR) is 130 cm³/mol. The predicted octanol–water partition coefficient (Wildman–Crippen LogP) is 4.61. The Bertz CT molecular complexity index is 1120. The molecule has 0 saturated carbocycles. The van der Waals surface area contributed by atoms with E-state index in [9.17, 15) is 4.79 Å². The molecule has 0 atom stereocenters. The van der Waals surface area contributed by atoms with Crippen LogP contribution in [0.1, 0.15) is 25.0 Å². The molecule has 0 aliphatic carbocycles. The Hall–Kier alpha value is -2.15. The summed E-state index contributed by atoms with van der Waals surface area (Å²) in [5.41, 5.74) is 3.24. The van der Waals surface area contributed by atoms with Crippen LogP contribution in [0.2, 0.25) is 5.02 Å². The van der Waals surface area contributed by atoms with Gasteiger partial charge in [-0.25, -0.2) is 0 Å². The highest BCUT2D eigenvalue weighted by molar-refractivity contribution is 7.13. The first kappa shape index (κ1) is 20.7. The zero-order valence-corrected chi connectivity index (χ0v) is 19.5. The molecule has 5 rings (SSSR count). The molecule has 2 aliphatic heterocycles. The van der Waals surface area contributed by atoms with Crippen molar-refractivity contribution in [2.45, 2.75) is 32.7 Å². The molecule has 1 aromatic heterocycles. The van der Waals surface area contributed by atoms with E-state index in [1.165, 1.54) is 10.1 Å². The number of amides is 1. The Labute approximate surface area is 192 Å². The van der Waals surface area contributed by atoms with Crippen molar-refractivity contribution in [2.24, 2.45) is 0 Å². The lowest BCUT2D eigenvalue weighted by Crippen LogP contribution is -2.47. The van der Waals surface area contributed by atoms with E-state index in [1.54, 1.807) is 11.5 Å². The molecule has 0 bridgehead atoms. The van der Waals surface area contributed by atoms with E-state index >= 15 is 0 Å². The monoisotopic (exact) mass is 454 g/mol. The molecular weight excluding hydrogens is 428 g/mol. The normalized spacial score (nSPS) is 17.2. The first-order valence-corrected chi connectivity index (χ1v) is 12.1. The van der Waals surface area contributed by atoms with Gasteiger partial charge in [0.1, 0.15) is 5.82 Å². The van der Waals surface area contributed by atoms with Crippen molar-refractivity contribution in [3.8, 4) is 0 Å². The van der Waals surface area contributed by atoms with Crippen molar-refractivity contribution in [3.05, 3.63) is 52.5 Å². The van der Waals surface area contributed by atoms with E-state index in [2.05, 4.69) is 40.1 Å². The van der Waals surface area contributed by atoms with Gasteiger partial charge in [0.15, 0.2) is 0 Å². The van der Waals surface area contributed by atoms with Crippen LogP contribution in [0.4, 0.5) is 11.5 Å². The van der Waals surface area contributed by atoms with Crippen LogP contribution in [-0.4, -0.2) is 53.9 Å². The average Bonchev–Trinajstić information content (AvgIpc) is 3.32. The number of nitrogens with zero attached hydrogens (tertiary/aromatic N) is 4. The summed E-state index contributed by atoms with van der Waals surface area (Å²) in [5, 5.41) is 2.03. The van der Waals surface area contributed by atoms with Crippen LogP contribution in [0, 0.1) is 0 Å². The number of aromatic nitrogens is 1. The number of hydrogen-bond donors (Lipinski definition) is 0. The van der Waals surface area contributed by atoms with Crippen LogP contribution in [0.5, 0.6) is 0 Å². The number of piperazine rings is 1. The molecule has 0 N–H and O–H groups in total.